The molecule has 1 saturated carbocycles. The van der Waals surface area contributed by atoms with Crippen molar-refractivity contribution in [2.45, 2.75) is 71.6 Å². The van der Waals surface area contributed by atoms with E-state index in [-0.39, 0.29) is 29.9 Å². The highest BCUT2D eigenvalue weighted by Crippen LogP contribution is 2.51. The molecule has 0 heterocycles. The summed E-state index contributed by atoms with van der Waals surface area (Å²) in [6.07, 6.45) is 0.331. The molecular formula is C27H34N2O6. The van der Waals surface area contributed by atoms with Crippen LogP contribution in [0.5, 0.6) is 0 Å². The van der Waals surface area contributed by atoms with Crippen molar-refractivity contribution < 1.29 is 29.3 Å². The minimum absolute atomic E-state index is 0.112. The van der Waals surface area contributed by atoms with E-state index in [2.05, 4.69) is 34.3 Å². The van der Waals surface area contributed by atoms with Gasteiger partial charge in [0.2, 0.25) is 0 Å². The average Bonchev–Trinajstić information content (AvgIpc) is 3.43. The van der Waals surface area contributed by atoms with Gasteiger partial charge in [-0.25, -0.2) is 9.59 Å². The second kappa shape index (κ2) is 10.8. The van der Waals surface area contributed by atoms with Crippen molar-refractivity contribution in [2.24, 2.45) is 11.3 Å². The molecule has 1 fully saturated rings. The summed E-state index contributed by atoms with van der Waals surface area (Å²) < 4.78 is 5.25. The number of hydrogen-bond acceptors (Lipinski definition) is 5. The Labute approximate surface area is 206 Å². The minimum Gasteiger partial charge on any atom is -0.480 e. The molecule has 1 aliphatic rings. The lowest BCUT2D eigenvalue weighted by molar-refractivity contribution is -0.141. The molecule has 0 radical (unpaired) electrons. The van der Waals surface area contributed by atoms with Crippen molar-refractivity contribution in [3.63, 3.8) is 0 Å². The van der Waals surface area contributed by atoms with E-state index in [0.717, 1.165) is 6.42 Å². The molecule has 2 unspecified atom stereocenters. The zero-order valence-corrected chi connectivity index (χ0v) is 21.1. The van der Waals surface area contributed by atoms with Gasteiger partial charge in [-0.2, -0.15) is 0 Å². The number of carboxylic acids is 1. The van der Waals surface area contributed by atoms with E-state index in [9.17, 15) is 24.6 Å². The maximum Gasteiger partial charge on any atom is 0.408 e. The number of carbonyl (C=O) groups excluding carboxylic acids is 2. The van der Waals surface area contributed by atoms with E-state index in [1.165, 1.54) is 0 Å². The fourth-order valence-electron chi connectivity index (χ4n) is 3.35. The minimum atomic E-state index is -1.39. The number of hydrogen-bond donors (Lipinski definition) is 4. The SMILES string of the molecule is CCC(C)(NC(=O)OC(C)(C)C)C(NC(=O)c1ccc(C#CC#C[C@@H]2C[C@@]2(C)CO)cc1)C(=O)O. The number of carbonyl (C=O) groups is 3. The lowest BCUT2D eigenvalue weighted by Crippen LogP contribution is -2.63. The van der Waals surface area contributed by atoms with Gasteiger partial charge in [-0.05, 0) is 76.6 Å². The van der Waals surface area contributed by atoms with E-state index in [1.54, 1.807) is 58.9 Å². The molecular weight excluding hydrogens is 448 g/mol. The van der Waals surface area contributed by atoms with Crippen molar-refractivity contribution in [3.8, 4) is 23.7 Å². The van der Waals surface area contributed by atoms with Crippen LogP contribution in [0.25, 0.3) is 0 Å². The summed E-state index contributed by atoms with van der Waals surface area (Å²) in [5.41, 5.74) is -1.26. The Morgan fingerprint density at radius 3 is 2.29 bits per heavy atom. The highest BCUT2D eigenvalue weighted by molar-refractivity contribution is 5.97. The predicted molar refractivity (Wildman–Crippen MR) is 131 cm³/mol. The summed E-state index contributed by atoms with van der Waals surface area (Å²) in [6, 6.07) is 4.98. The average molecular weight is 483 g/mol. The first-order valence-corrected chi connectivity index (χ1v) is 11.5. The number of carboxylic acid groups (broad SMARTS) is 1. The van der Waals surface area contributed by atoms with Crippen LogP contribution in [0.1, 0.15) is 70.3 Å². The largest absolute Gasteiger partial charge is 0.480 e. The van der Waals surface area contributed by atoms with Crippen LogP contribution in [0.4, 0.5) is 4.79 Å². The Kier molecular flexibility index (Phi) is 8.59. The van der Waals surface area contributed by atoms with Gasteiger partial charge >= 0.3 is 12.1 Å². The number of ether oxygens (including phenoxy) is 1. The summed E-state index contributed by atoms with van der Waals surface area (Å²) in [6.45, 7) is 10.5. The number of alkyl carbamates (subject to hydrolysis) is 1. The summed E-state index contributed by atoms with van der Waals surface area (Å²) in [5, 5.41) is 24.2. The third-order valence-electron chi connectivity index (χ3n) is 6.06. The van der Waals surface area contributed by atoms with E-state index >= 15 is 0 Å². The van der Waals surface area contributed by atoms with Gasteiger partial charge in [-0.3, -0.25) is 4.79 Å². The summed E-state index contributed by atoms with van der Waals surface area (Å²) >= 11 is 0. The molecule has 0 spiro atoms. The quantitative estimate of drug-likeness (QED) is 0.443. The Balaban J connectivity index is 2.07. The van der Waals surface area contributed by atoms with Crippen molar-refractivity contribution in [1.29, 1.82) is 0 Å². The highest BCUT2D eigenvalue weighted by Gasteiger charge is 2.48. The third kappa shape index (κ3) is 7.77. The number of rotatable bonds is 7. The van der Waals surface area contributed by atoms with Gasteiger partial charge in [-0.15, -0.1) is 0 Å². The first kappa shape index (κ1) is 27.8. The number of amides is 2. The van der Waals surface area contributed by atoms with E-state index in [0.29, 0.717) is 5.56 Å². The van der Waals surface area contributed by atoms with Crippen LogP contribution in [0, 0.1) is 35.0 Å². The maximum atomic E-state index is 12.8. The molecule has 35 heavy (non-hydrogen) atoms. The van der Waals surface area contributed by atoms with Gasteiger partial charge < -0.3 is 25.6 Å². The molecule has 4 N–H and O–H groups in total. The van der Waals surface area contributed by atoms with Crippen LogP contribution in [0.3, 0.4) is 0 Å². The van der Waals surface area contributed by atoms with Crippen LogP contribution < -0.4 is 10.6 Å². The second-order valence-corrected chi connectivity index (χ2v) is 10.3. The third-order valence-corrected chi connectivity index (χ3v) is 6.06. The fourth-order valence-corrected chi connectivity index (χ4v) is 3.35. The molecule has 4 atom stereocenters. The normalized spacial score (nSPS) is 21.1. The van der Waals surface area contributed by atoms with E-state index in [1.807, 2.05) is 6.92 Å². The Morgan fingerprint density at radius 2 is 1.80 bits per heavy atom. The number of aliphatic carboxylic acids is 1. The molecule has 8 nitrogen and oxygen atoms in total. The van der Waals surface area contributed by atoms with Crippen molar-refractivity contribution in [2.75, 3.05) is 6.61 Å². The van der Waals surface area contributed by atoms with Crippen molar-refractivity contribution in [1.82, 2.24) is 10.6 Å². The molecule has 8 heteroatoms. The summed E-state index contributed by atoms with van der Waals surface area (Å²) in [4.78, 5) is 37.1. The lowest BCUT2D eigenvalue weighted by Gasteiger charge is -2.36. The molecule has 2 amide bonds. The van der Waals surface area contributed by atoms with Gasteiger partial charge in [0.05, 0.1) is 5.54 Å². The van der Waals surface area contributed by atoms with Gasteiger partial charge in [0.25, 0.3) is 5.91 Å². The number of nitrogens with one attached hydrogen (secondary N) is 2. The lowest BCUT2D eigenvalue weighted by atomic mass is 9.89. The van der Waals surface area contributed by atoms with Crippen LogP contribution in [-0.4, -0.2) is 52.0 Å². The molecule has 2 rings (SSSR count). The van der Waals surface area contributed by atoms with Crippen molar-refractivity contribution >= 4 is 18.0 Å². The Morgan fingerprint density at radius 1 is 1.17 bits per heavy atom. The second-order valence-electron chi connectivity index (χ2n) is 10.3. The fraction of sp³-hybridized carbons (Fsp3) is 0.519. The first-order chi connectivity index (χ1) is 16.2. The molecule has 0 bridgehead atoms. The van der Waals surface area contributed by atoms with Crippen LogP contribution >= 0.6 is 0 Å². The standard InChI is InChI=1S/C27H34N2O6/c1-7-27(6,29-24(34)35-25(2,3)4)21(23(32)33)28-22(31)19-14-12-18(13-15-19)10-8-9-11-20-16-26(20,5)17-30/h12-15,20-21,30H,7,16-17H2,1-6H3,(H,28,31)(H,29,34)(H,32,33)/t20-,21?,26+,27?/m1/s1. The molecule has 1 aromatic carbocycles. The Hall–Kier alpha value is -3.49. The van der Waals surface area contributed by atoms with E-state index < -0.39 is 35.2 Å². The number of benzene rings is 1. The molecule has 0 saturated heterocycles. The monoisotopic (exact) mass is 482 g/mol. The zero-order valence-electron chi connectivity index (χ0n) is 21.1. The Bertz CT molecular complexity index is 1080. The van der Waals surface area contributed by atoms with Gasteiger partial charge in [0.1, 0.15) is 11.6 Å². The van der Waals surface area contributed by atoms with Crippen LogP contribution in [-0.2, 0) is 9.53 Å². The predicted octanol–water partition coefficient (Wildman–Crippen LogP) is 2.94. The summed E-state index contributed by atoms with van der Waals surface area (Å²) in [7, 11) is 0. The summed E-state index contributed by atoms with van der Waals surface area (Å²) in [5.74, 6) is 9.78. The van der Waals surface area contributed by atoms with Crippen LogP contribution in [0.15, 0.2) is 24.3 Å². The molecule has 188 valence electrons. The molecule has 1 aliphatic carbocycles. The number of aliphatic hydroxyl groups is 1. The van der Waals surface area contributed by atoms with Crippen molar-refractivity contribution in [3.05, 3.63) is 35.4 Å². The van der Waals surface area contributed by atoms with Gasteiger partial charge in [-0.1, -0.05) is 25.7 Å². The smallest absolute Gasteiger partial charge is 0.408 e. The number of aliphatic hydroxyl groups excluding tert-OH is 1. The molecule has 0 aliphatic heterocycles. The first-order valence-electron chi connectivity index (χ1n) is 11.5. The molecule has 0 aromatic heterocycles. The topological polar surface area (TPSA) is 125 Å². The van der Waals surface area contributed by atoms with Gasteiger partial charge in [0.15, 0.2) is 0 Å². The van der Waals surface area contributed by atoms with Crippen LogP contribution in [0.2, 0.25) is 0 Å². The maximum absolute atomic E-state index is 12.8. The highest BCUT2D eigenvalue weighted by atomic mass is 16.6. The van der Waals surface area contributed by atoms with Gasteiger partial charge in [0, 0.05) is 29.1 Å². The zero-order chi connectivity index (χ0) is 26.4. The van der Waals surface area contributed by atoms with E-state index in [4.69, 9.17) is 4.74 Å². The molecule has 1 aromatic rings.